The van der Waals surface area contributed by atoms with Crippen molar-refractivity contribution in [2.45, 2.75) is 309 Å². The molecule has 0 amide bonds. The van der Waals surface area contributed by atoms with Crippen LogP contribution in [0.25, 0.3) is 0 Å². The molecule has 0 aromatic heterocycles. The number of carbonyl (C=O) groups is 3. The first-order valence-electron chi connectivity index (χ1n) is 33.8. The molecule has 0 fully saturated rings. The molecule has 2 atom stereocenters. The number of carboxylic acid groups (broad SMARTS) is 1. The summed E-state index contributed by atoms with van der Waals surface area (Å²) in [6.07, 6.45) is 81.1. The van der Waals surface area contributed by atoms with E-state index in [0.29, 0.717) is 17.4 Å². The first kappa shape index (κ1) is 77.5. The van der Waals surface area contributed by atoms with E-state index in [-0.39, 0.29) is 32.2 Å². The fourth-order valence-electron chi connectivity index (χ4n) is 9.48. The highest BCUT2D eigenvalue weighted by molar-refractivity contribution is 5.71. The van der Waals surface area contributed by atoms with Gasteiger partial charge in [0.05, 0.1) is 34.4 Å². The Morgan fingerprint density at radius 2 is 0.704 bits per heavy atom. The molecule has 9 nitrogen and oxygen atoms in total. The van der Waals surface area contributed by atoms with Crippen LogP contribution < -0.4 is 0 Å². The quantitative estimate of drug-likeness (QED) is 0.0211. The summed E-state index contributed by atoms with van der Waals surface area (Å²) in [6.45, 7) is 4.79. The lowest BCUT2D eigenvalue weighted by Crippen LogP contribution is -2.40. The monoisotopic (exact) mass is 1130 g/mol. The summed E-state index contributed by atoms with van der Waals surface area (Å²) in [6, 6.07) is 0. The highest BCUT2D eigenvalue weighted by Crippen LogP contribution is 2.17. The fraction of sp³-hybridized carbons (Fsp3) is 0.764. The van der Waals surface area contributed by atoms with Crippen molar-refractivity contribution < 1.29 is 42.9 Å². The molecule has 0 aromatic carbocycles. The summed E-state index contributed by atoms with van der Waals surface area (Å²) in [7, 11) is 5.98. The maximum atomic E-state index is 12.9. The van der Waals surface area contributed by atoms with Crippen LogP contribution in [0.2, 0.25) is 0 Å². The number of quaternary nitrogens is 1. The zero-order valence-electron chi connectivity index (χ0n) is 53.4. The number of hydrogen-bond acceptors (Lipinski definition) is 7. The van der Waals surface area contributed by atoms with E-state index in [1.165, 1.54) is 193 Å². The van der Waals surface area contributed by atoms with E-state index in [1.807, 2.05) is 21.1 Å². The van der Waals surface area contributed by atoms with Crippen LogP contribution in [-0.2, 0) is 33.3 Å². The van der Waals surface area contributed by atoms with E-state index in [4.69, 9.17) is 18.9 Å². The first-order chi connectivity index (χ1) is 39.6. The average molecular weight is 1140 g/mol. The average Bonchev–Trinajstić information content (AvgIpc) is 3.44. The zero-order valence-corrected chi connectivity index (χ0v) is 53.4. The van der Waals surface area contributed by atoms with Gasteiger partial charge in [-0.1, -0.05) is 279 Å². The van der Waals surface area contributed by atoms with Gasteiger partial charge >= 0.3 is 17.9 Å². The number of aliphatic carboxylic acids is 1. The maximum absolute atomic E-state index is 12.9. The molecule has 0 rings (SSSR count). The molecule has 0 spiro atoms. The summed E-state index contributed by atoms with van der Waals surface area (Å²) in [5.74, 6) is -2.00. The second-order valence-electron chi connectivity index (χ2n) is 23.7. The van der Waals surface area contributed by atoms with Crippen LogP contribution >= 0.6 is 0 Å². The predicted molar refractivity (Wildman–Crippen MR) is 346 cm³/mol. The number of esters is 2. The number of hydrogen-bond donors (Lipinski definition) is 1. The van der Waals surface area contributed by atoms with E-state index in [1.54, 1.807) is 0 Å². The molecule has 0 heterocycles. The zero-order chi connectivity index (χ0) is 59.1. The Labute approximate surface area is 500 Å². The van der Waals surface area contributed by atoms with Crippen LogP contribution in [0, 0.1) is 0 Å². The summed E-state index contributed by atoms with van der Waals surface area (Å²) >= 11 is 0. The number of carbonyl (C=O) groups excluding carboxylic acids is 2. The smallest absolute Gasteiger partial charge is 0.361 e. The van der Waals surface area contributed by atoms with Gasteiger partial charge in [0.25, 0.3) is 6.29 Å². The van der Waals surface area contributed by atoms with Crippen LogP contribution in [-0.4, -0.2) is 87.4 Å². The van der Waals surface area contributed by atoms with Crippen LogP contribution in [0.4, 0.5) is 0 Å². The molecule has 0 bridgehead atoms. The third kappa shape index (κ3) is 63.9. The summed E-state index contributed by atoms with van der Waals surface area (Å²) < 4.78 is 23.0. The summed E-state index contributed by atoms with van der Waals surface area (Å²) in [5, 5.41) is 9.73. The number of ether oxygens (including phenoxy) is 4. The van der Waals surface area contributed by atoms with Gasteiger partial charge in [-0.2, -0.15) is 0 Å². The minimum atomic E-state index is -1.51. The molecular weight excluding hydrogens is 1010 g/mol. The third-order valence-electron chi connectivity index (χ3n) is 14.6. The highest BCUT2D eigenvalue weighted by Gasteiger charge is 2.25. The topological polar surface area (TPSA) is 108 Å². The minimum Gasteiger partial charge on any atom is -0.477 e. The van der Waals surface area contributed by atoms with Gasteiger partial charge in [-0.3, -0.25) is 9.59 Å². The van der Waals surface area contributed by atoms with Crippen molar-refractivity contribution in [1.29, 1.82) is 0 Å². The van der Waals surface area contributed by atoms with Crippen molar-refractivity contribution in [1.82, 2.24) is 0 Å². The van der Waals surface area contributed by atoms with Crippen LogP contribution in [0.3, 0.4) is 0 Å². The van der Waals surface area contributed by atoms with E-state index in [0.717, 1.165) is 77.0 Å². The number of nitrogens with zero attached hydrogens (tertiary/aromatic N) is 1. The Hall–Kier alpha value is -3.53. The fourth-order valence-corrected chi connectivity index (χ4v) is 9.48. The Kier molecular flexibility index (Phi) is 59.8. The van der Waals surface area contributed by atoms with Crippen molar-refractivity contribution >= 4 is 17.9 Å². The molecule has 0 saturated heterocycles. The van der Waals surface area contributed by atoms with Crippen molar-refractivity contribution in [3.63, 3.8) is 0 Å². The van der Waals surface area contributed by atoms with Gasteiger partial charge in [-0.05, 0) is 89.9 Å². The van der Waals surface area contributed by atoms with E-state index in [9.17, 15) is 19.5 Å². The molecule has 468 valence electrons. The maximum Gasteiger partial charge on any atom is 0.361 e. The van der Waals surface area contributed by atoms with Crippen molar-refractivity contribution in [3.8, 4) is 0 Å². The molecule has 0 saturated carbocycles. The van der Waals surface area contributed by atoms with Gasteiger partial charge in [0.2, 0.25) is 0 Å². The van der Waals surface area contributed by atoms with E-state index in [2.05, 4.69) is 98.9 Å². The Bertz CT molecular complexity index is 1600. The lowest BCUT2D eigenvalue weighted by Gasteiger charge is -2.25. The standard InChI is InChI=1S/C72H127NO8/c1-6-8-10-12-14-16-18-20-22-24-26-28-29-30-31-32-33-34-35-36-37-38-39-40-41-43-45-47-49-51-53-55-57-59-61-63-70(75)81-68(67-80-72(71(76)77)78-65-64-73(3,4)5)66-79-69(74)62-60-58-56-54-52-50-48-46-44-42-27-25-23-21-19-17-15-13-11-9-7-2/h8,10,14,16,20,22,25-28,30-31,33-34,68,72H,6-7,9,11-13,15,17-19,21,23-24,29,32,35-67H2,1-5H3/p+1/b10-8-,16-14-,22-20-,27-25-,28-26-,31-30-,34-33-. The summed E-state index contributed by atoms with van der Waals surface area (Å²) in [5.41, 5.74) is 0. The SMILES string of the molecule is CC/C=C\C/C=C\C/C=C\C/C=C\C/C=C\C/C=C\CCCCCCCCCCCCCCCCCCC(=O)OC(COC(=O)CCCCCCCCCCC/C=C\CCCCCCCCCC)COC(OCC[N+](C)(C)C)C(=O)O. The Balaban J connectivity index is 4.10. The number of allylic oxidation sites excluding steroid dienone is 14. The Morgan fingerprint density at radius 3 is 1.06 bits per heavy atom. The van der Waals surface area contributed by atoms with E-state index >= 15 is 0 Å². The second-order valence-corrected chi connectivity index (χ2v) is 23.7. The molecule has 0 aliphatic carbocycles. The van der Waals surface area contributed by atoms with Gasteiger partial charge in [-0.25, -0.2) is 4.79 Å². The number of likely N-dealkylation sites (N-methyl/N-ethyl adjacent to an activating group) is 1. The lowest BCUT2D eigenvalue weighted by atomic mass is 10.0. The number of unbranched alkanes of at least 4 members (excludes halogenated alkanes) is 33. The summed E-state index contributed by atoms with van der Waals surface area (Å²) in [4.78, 5) is 37.6. The van der Waals surface area contributed by atoms with E-state index < -0.39 is 24.3 Å². The highest BCUT2D eigenvalue weighted by atomic mass is 16.7. The molecule has 0 aliphatic heterocycles. The van der Waals surface area contributed by atoms with Crippen molar-refractivity contribution in [2.24, 2.45) is 0 Å². The van der Waals surface area contributed by atoms with Gasteiger partial charge in [0.15, 0.2) is 6.10 Å². The van der Waals surface area contributed by atoms with Crippen molar-refractivity contribution in [3.05, 3.63) is 85.1 Å². The molecular formula is C72H128NO8+. The number of carboxylic acids is 1. The molecule has 0 aromatic rings. The minimum absolute atomic E-state index is 0.183. The van der Waals surface area contributed by atoms with Crippen molar-refractivity contribution in [2.75, 3.05) is 47.5 Å². The predicted octanol–water partition coefficient (Wildman–Crippen LogP) is 20.7. The molecule has 81 heavy (non-hydrogen) atoms. The molecule has 0 radical (unpaired) electrons. The normalized spacial score (nSPS) is 13.2. The molecule has 2 unspecified atom stereocenters. The number of rotatable bonds is 62. The third-order valence-corrected chi connectivity index (χ3v) is 14.6. The van der Waals surface area contributed by atoms with Gasteiger partial charge < -0.3 is 28.5 Å². The van der Waals surface area contributed by atoms with Crippen LogP contribution in [0.1, 0.15) is 296 Å². The largest absolute Gasteiger partial charge is 0.477 e. The van der Waals surface area contributed by atoms with Gasteiger partial charge in [-0.15, -0.1) is 0 Å². The molecule has 0 aliphatic rings. The van der Waals surface area contributed by atoms with Gasteiger partial charge in [0.1, 0.15) is 13.2 Å². The molecule has 9 heteroatoms. The molecule has 1 N–H and O–H groups in total. The Morgan fingerprint density at radius 1 is 0.383 bits per heavy atom. The van der Waals surface area contributed by atoms with Crippen LogP contribution in [0.5, 0.6) is 0 Å². The first-order valence-corrected chi connectivity index (χ1v) is 33.8. The van der Waals surface area contributed by atoms with Crippen LogP contribution in [0.15, 0.2) is 85.1 Å². The second kappa shape index (κ2) is 62.5. The lowest BCUT2D eigenvalue weighted by molar-refractivity contribution is -0.870. The van der Waals surface area contributed by atoms with Gasteiger partial charge in [0, 0.05) is 12.8 Å².